The van der Waals surface area contributed by atoms with E-state index in [1.165, 1.54) is 0 Å². The smallest absolute Gasteiger partial charge is 0.192 e. The zero-order valence-electron chi connectivity index (χ0n) is 14.9. The highest BCUT2D eigenvalue weighted by molar-refractivity contribution is 5.79. The van der Waals surface area contributed by atoms with E-state index in [4.69, 9.17) is 4.52 Å². The Morgan fingerprint density at radius 2 is 2.08 bits per heavy atom. The Balaban J connectivity index is 1.95. The van der Waals surface area contributed by atoms with E-state index in [1.54, 1.807) is 6.33 Å². The molecule has 0 aliphatic heterocycles. The third-order valence-electron chi connectivity index (χ3n) is 3.94. The van der Waals surface area contributed by atoms with Crippen molar-refractivity contribution in [1.82, 2.24) is 30.6 Å². The molecule has 0 saturated carbocycles. The van der Waals surface area contributed by atoms with Gasteiger partial charge in [-0.25, -0.2) is 4.99 Å². The van der Waals surface area contributed by atoms with Gasteiger partial charge >= 0.3 is 0 Å². The minimum Gasteiger partial charge on any atom is -0.359 e. The van der Waals surface area contributed by atoms with Crippen LogP contribution in [0.25, 0.3) is 0 Å². The standard InChI is InChI=1S/C16H27N7O/c1-5-12(6-2)14-8-13(24-22-14)9-18-16(17-7-3)19-10-15-21-20-11-23(15)4/h8,11-12H,5-7,9-10H2,1-4H3,(H2,17,18,19). The van der Waals surface area contributed by atoms with Crippen LogP contribution >= 0.6 is 0 Å². The topological polar surface area (TPSA) is 93.2 Å². The first kappa shape index (κ1) is 18.0. The molecule has 0 aromatic carbocycles. The summed E-state index contributed by atoms with van der Waals surface area (Å²) in [5.41, 5.74) is 1.03. The van der Waals surface area contributed by atoms with Gasteiger partial charge in [0.25, 0.3) is 0 Å². The van der Waals surface area contributed by atoms with Gasteiger partial charge in [0.1, 0.15) is 12.9 Å². The van der Waals surface area contributed by atoms with Crippen molar-refractivity contribution in [3.8, 4) is 0 Å². The summed E-state index contributed by atoms with van der Waals surface area (Å²) in [5, 5.41) is 18.5. The number of aromatic nitrogens is 4. The Bertz CT molecular complexity index is 642. The van der Waals surface area contributed by atoms with Crippen molar-refractivity contribution in [3.05, 3.63) is 29.7 Å². The van der Waals surface area contributed by atoms with Crippen molar-refractivity contribution < 1.29 is 4.52 Å². The van der Waals surface area contributed by atoms with Crippen LogP contribution in [-0.4, -0.2) is 32.4 Å². The lowest BCUT2D eigenvalue weighted by atomic mass is 9.99. The molecular weight excluding hydrogens is 306 g/mol. The maximum absolute atomic E-state index is 5.43. The molecule has 0 aliphatic rings. The van der Waals surface area contributed by atoms with E-state index >= 15 is 0 Å². The van der Waals surface area contributed by atoms with Gasteiger partial charge in [-0.3, -0.25) is 0 Å². The summed E-state index contributed by atoms with van der Waals surface area (Å²) in [6.07, 6.45) is 3.80. The number of guanidine groups is 1. The van der Waals surface area contributed by atoms with E-state index in [1.807, 2.05) is 24.6 Å². The predicted octanol–water partition coefficient (Wildman–Crippen LogP) is 1.96. The Morgan fingerprint density at radius 1 is 1.29 bits per heavy atom. The van der Waals surface area contributed by atoms with Crippen LogP contribution in [0.15, 0.2) is 21.9 Å². The molecule has 24 heavy (non-hydrogen) atoms. The van der Waals surface area contributed by atoms with Crippen LogP contribution < -0.4 is 10.6 Å². The van der Waals surface area contributed by atoms with Gasteiger partial charge in [-0.05, 0) is 19.8 Å². The SMILES string of the molecule is CCNC(=NCc1nncn1C)NCc1cc(C(CC)CC)no1. The lowest BCUT2D eigenvalue weighted by Crippen LogP contribution is -2.36. The highest BCUT2D eigenvalue weighted by atomic mass is 16.5. The first-order chi connectivity index (χ1) is 11.7. The molecule has 2 aromatic rings. The second-order valence-electron chi connectivity index (χ2n) is 5.64. The molecule has 2 N–H and O–H groups in total. The van der Waals surface area contributed by atoms with Crippen molar-refractivity contribution in [3.63, 3.8) is 0 Å². The second-order valence-corrected chi connectivity index (χ2v) is 5.64. The third kappa shape index (κ3) is 4.81. The molecule has 0 atom stereocenters. The molecule has 0 saturated heterocycles. The largest absolute Gasteiger partial charge is 0.359 e. The first-order valence-electron chi connectivity index (χ1n) is 8.48. The van der Waals surface area contributed by atoms with Gasteiger partial charge < -0.3 is 19.7 Å². The van der Waals surface area contributed by atoms with Crippen LogP contribution in [0.1, 0.15) is 56.8 Å². The van der Waals surface area contributed by atoms with Gasteiger partial charge in [-0.2, -0.15) is 0 Å². The van der Waals surface area contributed by atoms with Crippen molar-refractivity contribution in [2.24, 2.45) is 12.0 Å². The molecule has 0 spiro atoms. The van der Waals surface area contributed by atoms with Crippen LogP contribution in [-0.2, 0) is 20.1 Å². The van der Waals surface area contributed by atoms with E-state index in [-0.39, 0.29) is 0 Å². The van der Waals surface area contributed by atoms with Crippen molar-refractivity contribution >= 4 is 5.96 Å². The number of aryl methyl sites for hydroxylation is 1. The number of rotatable bonds is 8. The van der Waals surface area contributed by atoms with Gasteiger partial charge in [-0.15, -0.1) is 10.2 Å². The molecule has 0 radical (unpaired) electrons. The lowest BCUT2D eigenvalue weighted by molar-refractivity contribution is 0.368. The van der Waals surface area contributed by atoms with Gasteiger partial charge in [0, 0.05) is 25.6 Å². The van der Waals surface area contributed by atoms with Crippen molar-refractivity contribution in [2.45, 2.75) is 52.6 Å². The summed E-state index contributed by atoms with van der Waals surface area (Å²) in [5.74, 6) is 2.78. The summed E-state index contributed by atoms with van der Waals surface area (Å²) < 4.78 is 7.28. The van der Waals surface area contributed by atoms with Crippen LogP contribution in [0, 0.1) is 0 Å². The number of hydrogen-bond donors (Lipinski definition) is 2. The van der Waals surface area contributed by atoms with Crippen LogP contribution in [0.2, 0.25) is 0 Å². The molecule has 8 heteroatoms. The quantitative estimate of drug-likeness (QED) is 0.567. The maximum atomic E-state index is 5.43. The second kappa shape index (κ2) is 9.05. The summed E-state index contributed by atoms with van der Waals surface area (Å²) >= 11 is 0. The summed E-state index contributed by atoms with van der Waals surface area (Å²) in [4.78, 5) is 4.52. The molecule has 0 amide bonds. The van der Waals surface area contributed by atoms with E-state index in [9.17, 15) is 0 Å². The van der Waals surface area contributed by atoms with E-state index < -0.39 is 0 Å². The van der Waals surface area contributed by atoms with Crippen molar-refractivity contribution in [1.29, 1.82) is 0 Å². The van der Waals surface area contributed by atoms with Crippen LogP contribution in [0.3, 0.4) is 0 Å². The molecule has 2 heterocycles. The third-order valence-corrected chi connectivity index (χ3v) is 3.94. The normalized spacial score (nSPS) is 12.0. The van der Waals surface area contributed by atoms with Gasteiger partial charge in [0.2, 0.25) is 0 Å². The fraction of sp³-hybridized carbons (Fsp3) is 0.625. The number of hydrogen-bond acceptors (Lipinski definition) is 5. The molecule has 0 aliphatic carbocycles. The molecule has 2 aromatic heterocycles. The summed E-state index contributed by atoms with van der Waals surface area (Å²) in [7, 11) is 1.90. The fourth-order valence-electron chi connectivity index (χ4n) is 2.42. The molecule has 132 valence electrons. The maximum Gasteiger partial charge on any atom is 0.192 e. The fourth-order valence-corrected chi connectivity index (χ4v) is 2.42. The number of nitrogens with one attached hydrogen (secondary N) is 2. The Kier molecular flexibility index (Phi) is 6.77. The summed E-state index contributed by atoms with van der Waals surface area (Å²) in [6.45, 7) is 8.14. The lowest BCUT2D eigenvalue weighted by Gasteiger charge is -2.09. The Morgan fingerprint density at radius 3 is 2.71 bits per heavy atom. The zero-order valence-corrected chi connectivity index (χ0v) is 14.9. The molecule has 2 rings (SSSR count). The highest BCUT2D eigenvalue weighted by Gasteiger charge is 2.13. The number of aliphatic imine (C=N–C) groups is 1. The molecular formula is C16H27N7O. The van der Waals surface area contributed by atoms with Crippen LogP contribution in [0.4, 0.5) is 0 Å². The van der Waals surface area contributed by atoms with Crippen molar-refractivity contribution in [2.75, 3.05) is 6.54 Å². The Labute approximate surface area is 142 Å². The monoisotopic (exact) mass is 333 g/mol. The van der Waals surface area contributed by atoms with Gasteiger partial charge in [0.15, 0.2) is 17.5 Å². The number of nitrogens with zero attached hydrogens (tertiary/aromatic N) is 5. The first-order valence-corrected chi connectivity index (χ1v) is 8.48. The molecule has 0 unspecified atom stereocenters. The minimum absolute atomic E-state index is 0.459. The summed E-state index contributed by atoms with van der Waals surface area (Å²) in [6, 6.07) is 2.02. The average Bonchev–Trinajstić information content (AvgIpc) is 3.21. The average molecular weight is 333 g/mol. The van der Waals surface area contributed by atoms with E-state index in [0.29, 0.717) is 25.0 Å². The minimum atomic E-state index is 0.459. The predicted molar refractivity (Wildman–Crippen MR) is 92.5 cm³/mol. The zero-order chi connectivity index (χ0) is 17.4. The highest BCUT2D eigenvalue weighted by Crippen LogP contribution is 2.22. The van der Waals surface area contributed by atoms with E-state index in [0.717, 1.165) is 36.7 Å². The van der Waals surface area contributed by atoms with E-state index in [2.05, 4.69) is 44.8 Å². The van der Waals surface area contributed by atoms with Crippen LogP contribution in [0.5, 0.6) is 0 Å². The Hall–Kier alpha value is -2.38. The molecule has 0 bridgehead atoms. The van der Waals surface area contributed by atoms with Gasteiger partial charge in [-0.1, -0.05) is 19.0 Å². The molecule has 0 fully saturated rings. The molecule has 8 nitrogen and oxygen atoms in total. The van der Waals surface area contributed by atoms with Gasteiger partial charge in [0.05, 0.1) is 12.2 Å².